The van der Waals surface area contributed by atoms with E-state index < -0.39 is 11.7 Å². The molecule has 2 heterocycles. The number of methoxy groups -OCH3 is 1. The quantitative estimate of drug-likeness (QED) is 0.573. The molecule has 0 spiro atoms. The molecule has 0 aliphatic carbocycles. The van der Waals surface area contributed by atoms with Gasteiger partial charge in [0.2, 0.25) is 0 Å². The lowest BCUT2D eigenvalue weighted by Crippen LogP contribution is -2.17. The molecule has 0 atom stereocenters. The van der Waals surface area contributed by atoms with Crippen molar-refractivity contribution in [1.29, 1.82) is 0 Å². The number of aromatic amines is 2. The van der Waals surface area contributed by atoms with Crippen LogP contribution in [0.15, 0.2) is 11.1 Å². The van der Waals surface area contributed by atoms with Gasteiger partial charge in [-0.3, -0.25) is 4.79 Å². The number of hydrogen-bond acceptors (Lipinski definition) is 7. The zero-order chi connectivity index (χ0) is 13.0. The lowest BCUT2D eigenvalue weighted by Gasteiger charge is -2.04. The number of nitrogens with one attached hydrogen (secondary N) is 2. The monoisotopic (exact) mass is 254 g/mol. The molecule has 0 fully saturated rings. The van der Waals surface area contributed by atoms with Gasteiger partial charge in [-0.2, -0.15) is 0 Å². The normalized spacial score (nSPS) is 10.5. The molecule has 9 heteroatoms. The SMILES string of the molecule is COCCOC(=O)Oc1n[nH]c(=O)c2nc[nH]c12. The first-order valence-electron chi connectivity index (χ1n) is 4.97. The molecule has 0 aromatic carbocycles. The van der Waals surface area contributed by atoms with Gasteiger partial charge in [-0.05, 0) is 0 Å². The largest absolute Gasteiger partial charge is 0.515 e. The van der Waals surface area contributed by atoms with E-state index in [1.807, 2.05) is 0 Å². The molecule has 0 saturated heterocycles. The Morgan fingerprint density at radius 3 is 3.06 bits per heavy atom. The molecule has 2 aromatic rings. The second-order valence-corrected chi connectivity index (χ2v) is 3.18. The summed E-state index contributed by atoms with van der Waals surface area (Å²) in [4.78, 5) is 29.0. The van der Waals surface area contributed by atoms with Gasteiger partial charge in [0.25, 0.3) is 11.4 Å². The van der Waals surface area contributed by atoms with Crippen LogP contribution in [0.25, 0.3) is 11.0 Å². The number of imidazole rings is 1. The molecule has 0 amide bonds. The molecular weight excluding hydrogens is 244 g/mol. The standard InChI is InChI=1S/C9H10N4O5/c1-16-2-3-17-9(15)18-8-6-5(10-4-11-6)7(14)12-13-8/h4H,2-3H2,1H3,(H,10,11)(H,12,14). The first kappa shape index (κ1) is 12.0. The highest BCUT2D eigenvalue weighted by atomic mass is 16.7. The van der Waals surface area contributed by atoms with Gasteiger partial charge < -0.3 is 19.2 Å². The Morgan fingerprint density at radius 2 is 2.28 bits per heavy atom. The van der Waals surface area contributed by atoms with E-state index in [-0.39, 0.29) is 30.1 Å². The third-order valence-corrected chi connectivity index (χ3v) is 2.01. The maximum Gasteiger partial charge on any atom is 0.515 e. The van der Waals surface area contributed by atoms with Crippen molar-refractivity contribution in [2.45, 2.75) is 0 Å². The maximum atomic E-state index is 11.3. The second-order valence-electron chi connectivity index (χ2n) is 3.18. The average Bonchev–Trinajstić information content (AvgIpc) is 2.83. The fourth-order valence-electron chi connectivity index (χ4n) is 1.23. The van der Waals surface area contributed by atoms with Crippen molar-refractivity contribution in [3.05, 3.63) is 16.7 Å². The number of aromatic nitrogens is 4. The molecule has 0 radical (unpaired) electrons. The average molecular weight is 254 g/mol. The number of rotatable bonds is 4. The van der Waals surface area contributed by atoms with Crippen LogP contribution < -0.4 is 10.3 Å². The minimum absolute atomic E-state index is 0.0603. The second kappa shape index (κ2) is 5.27. The Kier molecular flexibility index (Phi) is 3.53. The van der Waals surface area contributed by atoms with Crippen LogP contribution in [0.2, 0.25) is 0 Å². The number of carbonyl (C=O) groups is 1. The van der Waals surface area contributed by atoms with E-state index in [9.17, 15) is 9.59 Å². The van der Waals surface area contributed by atoms with Gasteiger partial charge in [-0.15, -0.1) is 5.10 Å². The zero-order valence-electron chi connectivity index (χ0n) is 9.43. The highest BCUT2D eigenvalue weighted by Gasteiger charge is 2.14. The van der Waals surface area contributed by atoms with Crippen LogP contribution in [0.5, 0.6) is 5.88 Å². The summed E-state index contributed by atoms with van der Waals surface area (Å²) in [5.74, 6) is -0.107. The van der Waals surface area contributed by atoms with Gasteiger partial charge in [-0.25, -0.2) is 14.9 Å². The molecule has 0 bridgehead atoms. The van der Waals surface area contributed by atoms with Crippen molar-refractivity contribution in [2.24, 2.45) is 0 Å². The Morgan fingerprint density at radius 1 is 1.44 bits per heavy atom. The summed E-state index contributed by atoms with van der Waals surface area (Å²) in [6.45, 7) is 0.318. The molecule has 18 heavy (non-hydrogen) atoms. The van der Waals surface area contributed by atoms with E-state index in [0.29, 0.717) is 0 Å². The molecule has 0 saturated carbocycles. The van der Waals surface area contributed by atoms with Crippen LogP contribution in [-0.4, -0.2) is 46.6 Å². The Bertz CT molecular complexity index is 604. The molecule has 0 unspecified atom stereocenters. The number of ether oxygens (including phenoxy) is 3. The lowest BCUT2D eigenvalue weighted by molar-refractivity contribution is 0.0676. The number of hydrogen-bond donors (Lipinski definition) is 2. The van der Waals surface area contributed by atoms with E-state index in [1.54, 1.807) is 0 Å². The van der Waals surface area contributed by atoms with Crippen molar-refractivity contribution >= 4 is 17.2 Å². The lowest BCUT2D eigenvalue weighted by atomic mass is 10.4. The number of carbonyl (C=O) groups excluding carboxylic acids is 1. The fraction of sp³-hybridized carbons (Fsp3) is 0.333. The molecule has 2 rings (SSSR count). The topological polar surface area (TPSA) is 119 Å². The molecule has 0 aliphatic rings. The number of nitrogens with zero attached hydrogens (tertiary/aromatic N) is 2. The van der Waals surface area contributed by atoms with Crippen LogP contribution in [-0.2, 0) is 9.47 Å². The molecule has 96 valence electrons. The Hall–Kier alpha value is -2.42. The van der Waals surface area contributed by atoms with Gasteiger partial charge in [0.1, 0.15) is 12.1 Å². The summed E-state index contributed by atoms with van der Waals surface area (Å²) in [6.07, 6.45) is 0.354. The van der Waals surface area contributed by atoms with E-state index in [1.165, 1.54) is 13.4 Å². The first-order valence-corrected chi connectivity index (χ1v) is 4.97. The van der Waals surface area contributed by atoms with Crippen molar-refractivity contribution < 1.29 is 19.0 Å². The molecule has 2 N–H and O–H groups in total. The number of H-pyrrole nitrogens is 2. The van der Waals surface area contributed by atoms with Crippen LogP contribution in [0.4, 0.5) is 4.79 Å². The third kappa shape index (κ3) is 2.46. The Balaban J connectivity index is 2.12. The van der Waals surface area contributed by atoms with Crippen LogP contribution in [0.3, 0.4) is 0 Å². The van der Waals surface area contributed by atoms with E-state index in [2.05, 4.69) is 24.9 Å². The summed E-state index contributed by atoms with van der Waals surface area (Å²) >= 11 is 0. The minimum atomic E-state index is -0.942. The van der Waals surface area contributed by atoms with Gasteiger partial charge in [0.15, 0.2) is 5.52 Å². The third-order valence-electron chi connectivity index (χ3n) is 2.01. The van der Waals surface area contributed by atoms with Crippen LogP contribution in [0, 0.1) is 0 Å². The van der Waals surface area contributed by atoms with E-state index >= 15 is 0 Å². The summed E-state index contributed by atoms with van der Waals surface area (Å²) in [7, 11) is 1.48. The molecular formula is C9H10N4O5. The number of fused-ring (bicyclic) bond motifs is 1. The Labute approximate surface area is 100 Å². The van der Waals surface area contributed by atoms with Crippen LogP contribution >= 0.6 is 0 Å². The highest BCUT2D eigenvalue weighted by Crippen LogP contribution is 2.15. The van der Waals surface area contributed by atoms with Gasteiger partial charge in [-0.1, -0.05) is 0 Å². The summed E-state index contributed by atoms with van der Waals surface area (Å²) < 4.78 is 14.2. The van der Waals surface area contributed by atoms with E-state index in [0.717, 1.165) is 0 Å². The summed E-state index contributed by atoms with van der Waals surface area (Å²) in [5, 5.41) is 5.74. The first-order chi connectivity index (χ1) is 8.72. The molecule has 9 nitrogen and oxygen atoms in total. The minimum Gasteiger partial charge on any atom is -0.431 e. The molecule has 0 aliphatic heterocycles. The smallest absolute Gasteiger partial charge is 0.431 e. The van der Waals surface area contributed by atoms with Crippen molar-refractivity contribution in [1.82, 2.24) is 20.2 Å². The fourth-order valence-corrected chi connectivity index (χ4v) is 1.23. The van der Waals surface area contributed by atoms with Crippen LogP contribution in [0.1, 0.15) is 0 Å². The highest BCUT2D eigenvalue weighted by molar-refractivity contribution is 5.80. The maximum absolute atomic E-state index is 11.3. The predicted molar refractivity (Wildman–Crippen MR) is 58.4 cm³/mol. The zero-order valence-corrected chi connectivity index (χ0v) is 9.43. The van der Waals surface area contributed by atoms with Gasteiger partial charge in [0, 0.05) is 7.11 Å². The van der Waals surface area contributed by atoms with E-state index in [4.69, 9.17) is 9.47 Å². The summed E-state index contributed by atoms with van der Waals surface area (Å²) in [6, 6.07) is 0. The van der Waals surface area contributed by atoms with Crippen molar-refractivity contribution in [2.75, 3.05) is 20.3 Å². The molecule has 2 aromatic heterocycles. The van der Waals surface area contributed by atoms with Crippen molar-refractivity contribution in [3.8, 4) is 5.88 Å². The summed E-state index contributed by atoms with van der Waals surface area (Å²) in [5.41, 5.74) is -0.154. The van der Waals surface area contributed by atoms with Gasteiger partial charge in [0.05, 0.1) is 12.9 Å². The predicted octanol–water partition coefficient (Wildman–Crippen LogP) is -0.192. The van der Waals surface area contributed by atoms with Crippen molar-refractivity contribution in [3.63, 3.8) is 0 Å². The van der Waals surface area contributed by atoms with Gasteiger partial charge >= 0.3 is 6.16 Å².